The van der Waals surface area contributed by atoms with Crippen molar-refractivity contribution in [2.45, 2.75) is 20.3 Å². The van der Waals surface area contributed by atoms with Crippen molar-refractivity contribution in [2.75, 3.05) is 11.9 Å². The lowest BCUT2D eigenvalue weighted by Gasteiger charge is -2.19. The molecule has 0 aliphatic carbocycles. The summed E-state index contributed by atoms with van der Waals surface area (Å²) in [6.45, 7) is 4.04. The highest BCUT2D eigenvalue weighted by Crippen LogP contribution is 2.18. The minimum atomic E-state index is -0.476. The van der Waals surface area contributed by atoms with Gasteiger partial charge in [-0.25, -0.2) is 10.2 Å². The standard InChI is InChI=1S/C14H17N3O3/c1-3-20-14(19)15-11-6-4-10(5-7-11)13-9(2)8-12(18)16-17-13/h4-7,9H,3,8H2,1-2H3,(H,15,19)(H,16,18). The Morgan fingerprint density at radius 2 is 2.15 bits per heavy atom. The monoisotopic (exact) mass is 275 g/mol. The van der Waals surface area contributed by atoms with Crippen molar-refractivity contribution in [2.24, 2.45) is 11.0 Å². The molecule has 1 unspecified atom stereocenters. The fourth-order valence-electron chi connectivity index (χ4n) is 2.01. The fourth-order valence-corrected chi connectivity index (χ4v) is 2.01. The molecule has 20 heavy (non-hydrogen) atoms. The highest BCUT2D eigenvalue weighted by Gasteiger charge is 2.21. The smallest absolute Gasteiger partial charge is 0.411 e. The minimum Gasteiger partial charge on any atom is -0.450 e. The minimum absolute atomic E-state index is 0.0677. The van der Waals surface area contributed by atoms with Crippen LogP contribution in [0.15, 0.2) is 29.4 Å². The van der Waals surface area contributed by atoms with Crippen LogP contribution in [0.5, 0.6) is 0 Å². The van der Waals surface area contributed by atoms with E-state index in [0.29, 0.717) is 18.7 Å². The topological polar surface area (TPSA) is 79.8 Å². The first-order valence-corrected chi connectivity index (χ1v) is 6.50. The van der Waals surface area contributed by atoms with Gasteiger partial charge >= 0.3 is 6.09 Å². The summed E-state index contributed by atoms with van der Waals surface area (Å²) in [6, 6.07) is 7.26. The van der Waals surface area contributed by atoms with Crippen LogP contribution in [-0.2, 0) is 9.53 Å². The Hall–Kier alpha value is -2.37. The number of benzene rings is 1. The van der Waals surface area contributed by atoms with Crippen LogP contribution in [0.2, 0.25) is 0 Å². The Labute approximate surface area is 117 Å². The Morgan fingerprint density at radius 1 is 1.45 bits per heavy atom. The third-order valence-corrected chi connectivity index (χ3v) is 2.96. The number of hydrogen-bond acceptors (Lipinski definition) is 4. The van der Waals surface area contributed by atoms with Crippen LogP contribution in [0, 0.1) is 5.92 Å². The van der Waals surface area contributed by atoms with E-state index in [9.17, 15) is 9.59 Å². The predicted octanol–water partition coefficient (Wildman–Crippen LogP) is 2.12. The molecule has 1 atom stereocenters. The van der Waals surface area contributed by atoms with Crippen molar-refractivity contribution in [3.8, 4) is 0 Å². The molecule has 1 aromatic rings. The van der Waals surface area contributed by atoms with Gasteiger partial charge in [-0.2, -0.15) is 5.10 Å². The summed E-state index contributed by atoms with van der Waals surface area (Å²) in [5, 5.41) is 6.71. The van der Waals surface area contributed by atoms with Gasteiger partial charge in [-0.05, 0) is 24.6 Å². The summed E-state index contributed by atoms with van der Waals surface area (Å²) in [4.78, 5) is 22.5. The van der Waals surface area contributed by atoms with Crippen LogP contribution >= 0.6 is 0 Å². The maximum atomic E-state index is 11.3. The molecular weight excluding hydrogens is 258 g/mol. The Balaban J connectivity index is 2.08. The first kappa shape index (κ1) is 14.0. The van der Waals surface area contributed by atoms with E-state index in [1.54, 1.807) is 19.1 Å². The molecule has 0 fully saturated rings. The largest absolute Gasteiger partial charge is 0.450 e. The molecule has 2 N–H and O–H groups in total. The van der Waals surface area contributed by atoms with Crippen molar-refractivity contribution >= 4 is 23.4 Å². The van der Waals surface area contributed by atoms with E-state index in [4.69, 9.17) is 4.74 Å². The number of nitrogens with zero attached hydrogens (tertiary/aromatic N) is 1. The highest BCUT2D eigenvalue weighted by molar-refractivity contribution is 6.06. The van der Waals surface area contributed by atoms with E-state index < -0.39 is 6.09 Å². The molecule has 6 heteroatoms. The predicted molar refractivity (Wildman–Crippen MR) is 75.5 cm³/mol. The Morgan fingerprint density at radius 3 is 2.75 bits per heavy atom. The zero-order chi connectivity index (χ0) is 14.5. The van der Waals surface area contributed by atoms with E-state index in [0.717, 1.165) is 11.3 Å². The second-order valence-corrected chi connectivity index (χ2v) is 4.56. The van der Waals surface area contributed by atoms with Crippen LogP contribution in [0.1, 0.15) is 25.8 Å². The summed E-state index contributed by atoms with van der Waals surface area (Å²) in [6.07, 6.45) is -0.0438. The molecule has 2 amide bonds. The van der Waals surface area contributed by atoms with Crippen molar-refractivity contribution in [3.63, 3.8) is 0 Å². The van der Waals surface area contributed by atoms with Crippen LogP contribution in [0.4, 0.5) is 10.5 Å². The number of carbonyl (C=O) groups is 2. The van der Waals surface area contributed by atoms with E-state index in [1.165, 1.54) is 0 Å². The third-order valence-electron chi connectivity index (χ3n) is 2.96. The van der Waals surface area contributed by atoms with Crippen LogP contribution in [-0.4, -0.2) is 24.3 Å². The fraction of sp³-hybridized carbons (Fsp3) is 0.357. The lowest BCUT2D eigenvalue weighted by Crippen LogP contribution is -2.31. The molecule has 0 saturated heterocycles. The van der Waals surface area contributed by atoms with Crippen molar-refractivity contribution < 1.29 is 14.3 Å². The molecular formula is C14H17N3O3. The van der Waals surface area contributed by atoms with E-state index in [-0.39, 0.29) is 11.8 Å². The van der Waals surface area contributed by atoms with Gasteiger partial charge in [0.15, 0.2) is 0 Å². The SMILES string of the molecule is CCOC(=O)Nc1ccc(C2=NNC(=O)CC2C)cc1. The molecule has 1 aromatic carbocycles. The van der Waals surface area contributed by atoms with E-state index in [1.807, 2.05) is 19.1 Å². The van der Waals surface area contributed by atoms with Gasteiger partial charge in [-0.1, -0.05) is 19.1 Å². The molecule has 6 nitrogen and oxygen atoms in total. The third kappa shape index (κ3) is 3.34. The normalized spacial score (nSPS) is 18.0. The zero-order valence-corrected chi connectivity index (χ0v) is 11.5. The van der Waals surface area contributed by atoms with Crippen molar-refractivity contribution in [1.82, 2.24) is 5.43 Å². The number of carbonyl (C=O) groups excluding carboxylic acids is 2. The Kier molecular flexibility index (Phi) is 4.34. The van der Waals surface area contributed by atoms with Gasteiger partial charge in [-0.15, -0.1) is 0 Å². The molecule has 1 aliphatic rings. The summed E-state index contributed by atoms with van der Waals surface area (Å²) in [5.74, 6) is 0.00876. The number of hydrogen-bond donors (Lipinski definition) is 2. The van der Waals surface area contributed by atoms with Gasteiger partial charge in [0.25, 0.3) is 0 Å². The van der Waals surface area contributed by atoms with Gasteiger partial charge in [0.05, 0.1) is 12.3 Å². The molecule has 0 radical (unpaired) electrons. The molecule has 1 heterocycles. The van der Waals surface area contributed by atoms with Crippen LogP contribution < -0.4 is 10.7 Å². The van der Waals surface area contributed by atoms with Gasteiger partial charge in [0.2, 0.25) is 5.91 Å². The number of amides is 2. The average Bonchev–Trinajstić information content (AvgIpc) is 2.40. The lowest BCUT2D eigenvalue weighted by molar-refractivity contribution is -0.121. The highest BCUT2D eigenvalue weighted by atomic mass is 16.5. The number of ether oxygens (including phenoxy) is 1. The number of hydrazone groups is 1. The van der Waals surface area contributed by atoms with Gasteiger partial charge in [0.1, 0.15) is 0 Å². The number of anilines is 1. The van der Waals surface area contributed by atoms with Gasteiger partial charge in [-0.3, -0.25) is 10.1 Å². The second-order valence-electron chi connectivity index (χ2n) is 4.56. The molecule has 0 saturated carbocycles. The summed E-state index contributed by atoms with van der Waals surface area (Å²) >= 11 is 0. The zero-order valence-electron chi connectivity index (χ0n) is 11.5. The molecule has 106 valence electrons. The molecule has 0 aromatic heterocycles. The van der Waals surface area contributed by atoms with E-state index >= 15 is 0 Å². The number of rotatable bonds is 3. The maximum absolute atomic E-state index is 11.3. The maximum Gasteiger partial charge on any atom is 0.411 e. The second kappa shape index (κ2) is 6.18. The molecule has 0 spiro atoms. The molecule has 0 bridgehead atoms. The first-order valence-electron chi connectivity index (χ1n) is 6.50. The number of nitrogens with one attached hydrogen (secondary N) is 2. The Bertz CT molecular complexity index is 537. The lowest BCUT2D eigenvalue weighted by atomic mass is 9.94. The summed E-state index contributed by atoms with van der Waals surface area (Å²) < 4.78 is 4.80. The van der Waals surface area contributed by atoms with Gasteiger partial charge < -0.3 is 4.74 Å². The molecule has 2 rings (SSSR count). The van der Waals surface area contributed by atoms with E-state index in [2.05, 4.69) is 15.8 Å². The summed E-state index contributed by atoms with van der Waals surface area (Å²) in [7, 11) is 0. The van der Waals surface area contributed by atoms with Crippen LogP contribution in [0.3, 0.4) is 0 Å². The summed E-state index contributed by atoms with van der Waals surface area (Å²) in [5.41, 5.74) is 4.90. The van der Waals surface area contributed by atoms with Crippen LogP contribution in [0.25, 0.3) is 0 Å². The quantitative estimate of drug-likeness (QED) is 0.886. The first-order chi connectivity index (χ1) is 9.60. The molecule has 1 aliphatic heterocycles. The van der Waals surface area contributed by atoms with Crippen molar-refractivity contribution in [1.29, 1.82) is 0 Å². The van der Waals surface area contributed by atoms with Gasteiger partial charge in [0, 0.05) is 18.0 Å². The average molecular weight is 275 g/mol. The van der Waals surface area contributed by atoms with Crippen molar-refractivity contribution in [3.05, 3.63) is 29.8 Å².